The van der Waals surface area contributed by atoms with E-state index in [0.29, 0.717) is 10.5 Å². The Labute approximate surface area is 133 Å². The first-order chi connectivity index (χ1) is 10.1. The van der Waals surface area contributed by atoms with Crippen LogP contribution < -0.4 is 0 Å². The van der Waals surface area contributed by atoms with E-state index in [0.717, 1.165) is 25.2 Å². The maximum atomic E-state index is 11.0. The number of hydrogen-bond donors (Lipinski definition) is 0. The Balaban J connectivity index is 1.71. The van der Waals surface area contributed by atoms with Gasteiger partial charge in [-0.05, 0) is 66.5 Å². The second-order valence-corrected chi connectivity index (χ2v) is 6.82. The number of nitro benzene ring substituents is 1. The molecule has 2 fully saturated rings. The number of benzene rings is 1. The van der Waals surface area contributed by atoms with E-state index < -0.39 is 0 Å². The van der Waals surface area contributed by atoms with Crippen molar-refractivity contribution in [1.29, 1.82) is 0 Å². The molecule has 2 aliphatic heterocycles. The molecule has 5 nitrogen and oxygen atoms in total. The third kappa shape index (κ3) is 3.44. The first-order valence-electron chi connectivity index (χ1n) is 7.53. The van der Waals surface area contributed by atoms with Gasteiger partial charge < -0.3 is 0 Å². The van der Waals surface area contributed by atoms with E-state index >= 15 is 0 Å². The molecule has 114 valence electrons. The second-order valence-electron chi connectivity index (χ2n) is 5.96. The molecular weight excluding hydrogens is 334 g/mol. The maximum absolute atomic E-state index is 11.0. The van der Waals surface area contributed by atoms with Crippen LogP contribution in [0.4, 0.5) is 5.69 Å². The lowest BCUT2D eigenvalue weighted by Crippen LogP contribution is -2.36. The summed E-state index contributed by atoms with van der Waals surface area (Å²) in [4.78, 5) is 15.8. The largest absolute Gasteiger partial charge is 0.299 e. The minimum Gasteiger partial charge on any atom is -0.299 e. The standard InChI is InChI=1S/C15H20BrN3O2/c16-14-5-4-12(9-15(14)19(20)21)10-17-6-2-8-18-7-1-3-13(18)11-17/h4-5,9,13H,1-3,6-8,10-11H2. The minimum absolute atomic E-state index is 0.157. The number of rotatable bonds is 3. The highest BCUT2D eigenvalue weighted by atomic mass is 79.9. The minimum atomic E-state index is -0.325. The van der Waals surface area contributed by atoms with Crippen LogP contribution in [-0.4, -0.2) is 46.9 Å². The summed E-state index contributed by atoms with van der Waals surface area (Å²) in [5, 5.41) is 11.0. The first kappa shape index (κ1) is 14.9. The van der Waals surface area contributed by atoms with Crippen molar-refractivity contribution in [2.24, 2.45) is 0 Å². The fourth-order valence-corrected chi connectivity index (χ4v) is 3.87. The topological polar surface area (TPSA) is 49.6 Å². The van der Waals surface area contributed by atoms with Gasteiger partial charge in [-0.25, -0.2) is 0 Å². The highest BCUT2D eigenvalue weighted by Gasteiger charge is 2.28. The Hall–Kier alpha value is -0.980. The zero-order valence-corrected chi connectivity index (χ0v) is 13.6. The zero-order valence-electron chi connectivity index (χ0n) is 12.0. The number of fused-ring (bicyclic) bond motifs is 1. The summed E-state index contributed by atoms with van der Waals surface area (Å²) in [5.74, 6) is 0. The Bertz CT molecular complexity index is 538. The van der Waals surface area contributed by atoms with E-state index in [4.69, 9.17) is 0 Å². The van der Waals surface area contributed by atoms with Gasteiger partial charge in [0.2, 0.25) is 0 Å². The maximum Gasteiger partial charge on any atom is 0.283 e. The third-order valence-electron chi connectivity index (χ3n) is 4.50. The van der Waals surface area contributed by atoms with Crippen molar-refractivity contribution in [3.05, 3.63) is 38.3 Å². The molecule has 0 aromatic heterocycles. The van der Waals surface area contributed by atoms with Crippen LogP contribution in [0.15, 0.2) is 22.7 Å². The van der Waals surface area contributed by atoms with E-state index in [-0.39, 0.29) is 10.6 Å². The van der Waals surface area contributed by atoms with E-state index in [1.165, 1.54) is 32.4 Å². The second kappa shape index (κ2) is 6.42. The predicted molar refractivity (Wildman–Crippen MR) is 85.3 cm³/mol. The Kier molecular flexibility index (Phi) is 4.57. The van der Waals surface area contributed by atoms with Crippen molar-refractivity contribution in [3.63, 3.8) is 0 Å². The molecular formula is C15H20BrN3O2. The molecule has 6 heteroatoms. The summed E-state index contributed by atoms with van der Waals surface area (Å²) in [6.45, 7) is 5.41. The van der Waals surface area contributed by atoms with Gasteiger partial charge in [0.15, 0.2) is 0 Å². The summed E-state index contributed by atoms with van der Waals surface area (Å²) in [6.07, 6.45) is 3.79. The van der Waals surface area contributed by atoms with Crippen LogP contribution in [-0.2, 0) is 6.54 Å². The third-order valence-corrected chi connectivity index (χ3v) is 5.17. The van der Waals surface area contributed by atoms with E-state index in [1.807, 2.05) is 6.07 Å². The number of hydrogen-bond acceptors (Lipinski definition) is 4. The van der Waals surface area contributed by atoms with Crippen LogP contribution in [0.5, 0.6) is 0 Å². The molecule has 1 unspecified atom stereocenters. The van der Waals surface area contributed by atoms with Crippen molar-refractivity contribution < 1.29 is 4.92 Å². The van der Waals surface area contributed by atoms with Crippen molar-refractivity contribution in [2.75, 3.05) is 26.2 Å². The number of nitrogens with zero attached hydrogens (tertiary/aromatic N) is 3. The lowest BCUT2D eigenvalue weighted by Gasteiger charge is -2.25. The molecule has 2 aliphatic rings. The van der Waals surface area contributed by atoms with Gasteiger partial charge in [-0.3, -0.25) is 19.9 Å². The molecule has 21 heavy (non-hydrogen) atoms. The average Bonchev–Trinajstić information content (AvgIpc) is 2.79. The fraction of sp³-hybridized carbons (Fsp3) is 0.600. The van der Waals surface area contributed by atoms with Crippen LogP contribution >= 0.6 is 15.9 Å². The molecule has 1 aromatic rings. The normalized spacial score (nSPS) is 23.8. The Morgan fingerprint density at radius 1 is 1.29 bits per heavy atom. The van der Waals surface area contributed by atoms with Crippen molar-refractivity contribution in [1.82, 2.24) is 9.80 Å². The van der Waals surface area contributed by atoms with Crippen LogP contribution in [0.25, 0.3) is 0 Å². The fourth-order valence-electron chi connectivity index (χ4n) is 3.48. The van der Waals surface area contributed by atoms with Crippen molar-refractivity contribution in [2.45, 2.75) is 31.8 Å². The molecule has 1 atom stereocenters. The first-order valence-corrected chi connectivity index (χ1v) is 8.32. The lowest BCUT2D eigenvalue weighted by molar-refractivity contribution is -0.385. The molecule has 0 saturated carbocycles. The zero-order chi connectivity index (χ0) is 14.8. The van der Waals surface area contributed by atoms with E-state index in [2.05, 4.69) is 25.7 Å². The molecule has 0 radical (unpaired) electrons. The van der Waals surface area contributed by atoms with Crippen LogP contribution in [0.1, 0.15) is 24.8 Å². The Morgan fingerprint density at radius 3 is 2.90 bits per heavy atom. The highest BCUT2D eigenvalue weighted by molar-refractivity contribution is 9.10. The predicted octanol–water partition coefficient (Wildman–Crippen LogP) is 3.03. The molecule has 0 bridgehead atoms. The van der Waals surface area contributed by atoms with Crippen molar-refractivity contribution >= 4 is 21.6 Å². The smallest absolute Gasteiger partial charge is 0.283 e. The molecule has 1 aromatic carbocycles. The molecule has 0 aliphatic carbocycles. The molecule has 0 spiro atoms. The van der Waals surface area contributed by atoms with Gasteiger partial charge in [0.05, 0.1) is 9.40 Å². The van der Waals surface area contributed by atoms with Crippen LogP contribution in [0.3, 0.4) is 0 Å². The van der Waals surface area contributed by atoms with Gasteiger partial charge in [-0.15, -0.1) is 0 Å². The molecule has 2 heterocycles. The molecule has 3 rings (SSSR count). The summed E-state index contributed by atoms with van der Waals surface area (Å²) < 4.78 is 0.550. The van der Waals surface area contributed by atoms with Gasteiger partial charge in [-0.1, -0.05) is 6.07 Å². The summed E-state index contributed by atoms with van der Waals surface area (Å²) in [6, 6.07) is 6.14. The van der Waals surface area contributed by atoms with E-state index in [1.54, 1.807) is 12.1 Å². The van der Waals surface area contributed by atoms with E-state index in [9.17, 15) is 10.1 Å². The SMILES string of the molecule is O=[N+]([O-])c1cc(CN2CCCN3CCCC3C2)ccc1Br. The summed E-state index contributed by atoms with van der Waals surface area (Å²) >= 11 is 3.24. The number of halogens is 1. The quantitative estimate of drug-likeness (QED) is 0.619. The summed E-state index contributed by atoms with van der Waals surface area (Å²) in [7, 11) is 0. The van der Waals surface area contributed by atoms with Crippen LogP contribution in [0, 0.1) is 10.1 Å². The number of nitro groups is 1. The molecule has 2 saturated heterocycles. The highest BCUT2D eigenvalue weighted by Crippen LogP contribution is 2.27. The molecule has 0 amide bonds. The van der Waals surface area contributed by atoms with Crippen LogP contribution in [0.2, 0.25) is 0 Å². The summed E-state index contributed by atoms with van der Waals surface area (Å²) in [5.41, 5.74) is 1.18. The lowest BCUT2D eigenvalue weighted by atomic mass is 10.1. The Morgan fingerprint density at radius 2 is 2.10 bits per heavy atom. The van der Waals surface area contributed by atoms with Gasteiger partial charge in [0.25, 0.3) is 5.69 Å². The average molecular weight is 354 g/mol. The van der Waals surface area contributed by atoms with Gasteiger partial charge in [0.1, 0.15) is 0 Å². The monoisotopic (exact) mass is 353 g/mol. The van der Waals surface area contributed by atoms with Gasteiger partial charge in [-0.2, -0.15) is 0 Å². The van der Waals surface area contributed by atoms with Gasteiger partial charge >= 0.3 is 0 Å². The molecule has 0 N–H and O–H groups in total. The van der Waals surface area contributed by atoms with Gasteiger partial charge in [0, 0.05) is 25.2 Å². The van der Waals surface area contributed by atoms with Crippen molar-refractivity contribution in [3.8, 4) is 0 Å².